The van der Waals surface area contributed by atoms with Crippen LogP contribution < -0.4 is 69.3 Å². The van der Waals surface area contributed by atoms with E-state index in [1.165, 1.54) is 6.92 Å². The number of esters is 1. The fourth-order valence-corrected chi connectivity index (χ4v) is 0.253. The molecule has 0 aromatic heterocycles. The van der Waals surface area contributed by atoms with E-state index in [0.717, 1.165) is 6.26 Å². The first-order valence-corrected chi connectivity index (χ1v) is 3.28. The van der Waals surface area contributed by atoms with Gasteiger partial charge < -0.3 is 24.5 Å². The number of carbonyl (C=O) groups is 3. The summed E-state index contributed by atoms with van der Waals surface area (Å²) in [5, 5.41) is 18.8. The van der Waals surface area contributed by atoms with Crippen LogP contribution in [-0.2, 0) is 19.1 Å². The van der Waals surface area contributed by atoms with Gasteiger partial charge in [0.25, 0.3) is 0 Å². The van der Waals surface area contributed by atoms with Crippen molar-refractivity contribution in [3.05, 3.63) is 25.0 Å². The SMILES string of the molecule is C=COC(C)=O.O=C([O-])/C=C\C(=O)[O-].[Na+].[Na+]. The topological polar surface area (TPSA) is 107 Å². The monoisotopic (exact) mass is 246 g/mol. The van der Waals surface area contributed by atoms with Gasteiger partial charge in [0.15, 0.2) is 0 Å². The van der Waals surface area contributed by atoms with E-state index in [1.807, 2.05) is 0 Å². The number of carboxylic acids is 2. The molecule has 0 amide bonds. The van der Waals surface area contributed by atoms with Gasteiger partial charge >= 0.3 is 65.1 Å². The van der Waals surface area contributed by atoms with Gasteiger partial charge in [0.05, 0.1) is 18.2 Å². The van der Waals surface area contributed by atoms with Crippen molar-refractivity contribution in [2.24, 2.45) is 0 Å². The molecule has 6 nitrogen and oxygen atoms in total. The molecule has 0 atom stereocenters. The van der Waals surface area contributed by atoms with Gasteiger partial charge in [-0.1, -0.05) is 6.58 Å². The summed E-state index contributed by atoms with van der Waals surface area (Å²) in [4.78, 5) is 28.6. The van der Waals surface area contributed by atoms with Crippen LogP contribution in [0.1, 0.15) is 6.92 Å². The van der Waals surface area contributed by atoms with Gasteiger partial charge in [-0.15, -0.1) is 0 Å². The van der Waals surface area contributed by atoms with Crippen LogP contribution in [0.2, 0.25) is 0 Å². The predicted molar refractivity (Wildman–Crippen MR) is 41.1 cm³/mol. The third-order valence-corrected chi connectivity index (χ3v) is 0.605. The summed E-state index contributed by atoms with van der Waals surface area (Å²) >= 11 is 0. The van der Waals surface area contributed by atoms with Crippen molar-refractivity contribution in [2.75, 3.05) is 0 Å². The fraction of sp³-hybridized carbons (Fsp3) is 0.125. The van der Waals surface area contributed by atoms with E-state index >= 15 is 0 Å². The molecule has 0 fully saturated rings. The van der Waals surface area contributed by atoms with E-state index < -0.39 is 11.9 Å². The summed E-state index contributed by atoms with van der Waals surface area (Å²) in [6, 6.07) is 0. The van der Waals surface area contributed by atoms with Gasteiger partial charge in [-0.25, -0.2) is 0 Å². The zero-order valence-corrected chi connectivity index (χ0v) is 13.4. The molecule has 0 rings (SSSR count). The van der Waals surface area contributed by atoms with E-state index in [0.29, 0.717) is 12.2 Å². The average molecular weight is 246 g/mol. The Balaban J connectivity index is -0.0000000825. The summed E-state index contributed by atoms with van der Waals surface area (Å²) in [6.07, 6.45) is 1.87. The van der Waals surface area contributed by atoms with Crippen molar-refractivity contribution >= 4 is 17.9 Å². The number of ether oxygens (including phenoxy) is 1. The zero-order chi connectivity index (χ0) is 11.6. The molecule has 0 unspecified atom stereocenters. The van der Waals surface area contributed by atoms with E-state index in [-0.39, 0.29) is 65.1 Å². The summed E-state index contributed by atoms with van der Waals surface area (Å²) in [5.41, 5.74) is 0. The first-order chi connectivity index (χ1) is 6.40. The Morgan fingerprint density at radius 1 is 1.06 bits per heavy atom. The van der Waals surface area contributed by atoms with E-state index in [1.54, 1.807) is 0 Å². The molecule has 0 radical (unpaired) electrons. The van der Waals surface area contributed by atoms with Gasteiger partial charge in [0.1, 0.15) is 0 Å². The third kappa shape index (κ3) is 37.1. The van der Waals surface area contributed by atoms with E-state index in [9.17, 15) is 24.6 Å². The minimum absolute atomic E-state index is 0. The Labute approximate surface area is 137 Å². The van der Waals surface area contributed by atoms with Crippen LogP contribution in [0.4, 0.5) is 0 Å². The molecule has 0 saturated carbocycles. The Bertz CT molecular complexity index is 245. The van der Waals surface area contributed by atoms with Crippen LogP contribution in [0, 0.1) is 0 Å². The first kappa shape index (κ1) is 24.9. The number of hydrogen-bond donors (Lipinski definition) is 0. The van der Waals surface area contributed by atoms with Crippen molar-refractivity contribution in [3.63, 3.8) is 0 Å². The second kappa shape index (κ2) is 17.3. The molecule has 78 valence electrons. The Kier molecular flexibility index (Phi) is 26.9. The molecular formula is C8H8Na2O6. The second-order valence-corrected chi connectivity index (χ2v) is 1.75. The minimum Gasteiger partial charge on any atom is -0.545 e. The van der Waals surface area contributed by atoms with Crippen LogP contribution in [0.15, 0.2) is 25.0 Å². The second-order valence-electron chi connectivity index (χ2n) is 1.75. The Morgan fingerprint density at radius 2 is 1.38 bits per heavy atom. The molecular weight excluding hydrogens is 238 g/mol. The average Bonchev–Trinajstić information content (AvgIpc) is 2.01. The van der Waals surface area contributed by atoms with Gasteiger partial charge in [-0.3, -0.25) is 4.79 Å². The molecule has 0 aliphatic heterocycles. The van der Waals surface area contributed by atoms with Crippen LogP contribution >= 0.6 is 0 Å². The van der Waals surface area contributed by atoms with Crippen LogP contribution in [0.25, 0.3) is 0 Å². The van der Waals surface area contributed by atoms with E-state index in [2.05, 4.69) is 11.3 Å². The number of aliphatic carboxylic acids is 2. The maximum atomic E-state index is 9.75. The quantitative estimate of drug-likeness (QED) is 0.212. The van der Waals surface area contributed by atoms with Crippen LogP contribution in [-0.4, -0.2) is 17.9 Å². The maximum absolute atomic E-state index is 9.75. The third-order valence-electron chi connectivity index (χ3n) is 0.605. The molecule has 0 N–H and O–H groups in total. The van der Waals surface area contributed by atoms with Crippen LogP contribution in [0.5, 0.6) is 0 Å². The molecule has 16 heavy (non-hydrogen) atoms. The largest absolute Gasteiger partial charge is 1.00 e. The minimum atomic E-state index is -1.55. The van der Waals surface area contributed by atoms with Crippen molar-refractivity contribution in [1.29, 1.82) is 0 Å². The molecule has 0 aliphatic carbocycles. The molecule has 0 spiro atoms. The van der Waals surface area contributed by atoms with Crippen molar-refractivity contribution in [2.45, 2.75) is 6.92 Å². The molecule has 0 bridgehead atoms. The number of carbonyl (C=O) groups excluding carboxylic acids is 3. The van der Waals surface area contributed by atoms with Gasteiger partial charge in [-0.05, 0) is 12.2 Å². The fourth-order valence-electron chi connectivity index (χ4n) is 0.253. The summed E-state index contributed by atoms with van der Waals surface area (Å²) in [7, 11) is 0. The van der Waals surface area contributed by atoms with Crippen molar-refractivity contribution < 1.29 is 88.4 Å². The molecule has 8 heteroatoms. The van der Waals surface area contributed by atoms with Crippen LogP contribution in [0.3, 0.4) is 0 Å². The number of rotatable bonds is 3. The van der Waals surface area contributed by atoms with Gasteiger partial charge in [0.2, 0.25) is 0 Å². The molecule has 0 aromatic carbocycles. The predicted octanol–water partition coefficient (Wildman–Crippen LogP) is -8.26. The Morgan fingerprint density at radius 3 is 1.44 bits per heavy atom. The molecule has 0 saturated heterocycles. The van der Waals surface area contributed by atoms with Gasteiger partial charge in [-0.2, -0.15) is 0 Å². The number of carboxylic acid groups (broad SMARTS) is 2. The summed E-state index contributed by atoms with van der Waals surface area (Å²) in [5.74, 6) is -3.42. The summed E-state index contributed by atoms with van der Waals surface area (Å²) < 4.78 is 4.17. The smallest absolute Gasteiger partial charge is 0.545 e. The first-order valence-electron chi connectivity index (χ1n) is 3.28. The maximum Gasteiger partial charge on any atom is 1.00 e. The van der Waals surface area contributed by atoms with Crippen molar-refractivity contribution in [3.8, 4) is 0 Å². The Hall–Kier alpha value is -0.110. The summed E-state index contributed by atoms with van der Waals surface area (Å²) in [6.45, 7) is 4.48. The molecule has 0 heterocycles. The van der Waals surface area contributed by atoms with Gasteiger partial charge in [0, 0.05) is 6.92 Å². The number of hydrogen-bond acceptors (Lipinski definition) is 6. The normalized spacial score (nSPS) is 7.31. The molecule has 0 aromatic rings. The van der Waals surface area contributed by atoms with E-state index in [4.69, 9.17) is 0 Å². The standard InChI is InChI=1S/C4H4O4.C4H6O2.2Na/c5-3(6)1-2-4(7)8;1-3-6-4(2)5;;/h1-2H,(H,5,6)(H,7,8);3H,1H2,2H3;;/q;;2*+1/p-2/b2-1-;;;. The van der Waals surface area contributed by atoms with Crippen molar-refractivity contribution in [1.82, 2.24) is 0 Å². The molecule has 0 aliphatic rings. The zero-order valence-electron chi connectivity index (χ0n) is 9.39.